The van der Waals surface area contributed by atoms with E-state index in [4.69, 9.17) is 0 Å². The second-order valence-corrected chi connectivity index (χ2v) is 7.35. The van der Waals surface area contributed by atoms with E-state index in [2.05, 4.69) is 5.32 Å². The van der Waals surface area contributed by atoms with E-state index in [-0.39, 0.29) is 10.6 Å². The molecule has 0 spiro atoms. The van der Waals surface area contributed by atoms with E-state index >= 15 is 0 Å². The standard InChI is InChI=1S/C14H21N3O4S/c1-2-15-11-12-6-8-16(9-7-12)22(20,21)14-5-3-4-13(10-14)17(18)19/h3-5,10,12,15H,2,6-9,11H2,1H3. The third kappa shape index (κ3) is 3.82. The summed E-state index contributed by atoms with van der Waals surface area (Å²) >= 11 is 0. The summed E-state index contributed by atoms with van der Waals surface area (Å²) in [4.78, 5) is 10.2. The molecule has 1 heterocycles. The number of nitro benzene ring substituents is 1. The molecule has 1 aliphatic heterocycles. The lowest BCUT2D eigenvalue weighted by Crippen LogP contribution is -2.40. The van der Waals surface area contributed by atoms with E-state index in [0.29, 0.717) is 19.0 Å². The SMILES string of the molecule is CCNCC1CCN(S(=O)(=O)c2cccc([N+](=O)[O-])c2)CC1. The average Bonchev–Trinajstić information content (AvgIpc) is 2.53. The fraction of sp³-hybridized carbons (Fsp3) is 0.571. The summed E-state index contributed by atoms with van der Waals surface area (Å²) < 4.78 is 26.6. The van der Waals surface area contributed by atoms with Crippen LogP contribution in [0.5, 0.6) is 0 Å². The maximum absolute atomic E-state index is 12.6. The number of non-ortho nitro benzene ring substituents is 1. The smallest absolute Gasteiger partial charge is 0.270 e. The topological polar surface area (TPSA) is 92.6 Å². The minimum absolute atomic E-state index is 0.00756. The van der Waals surface area contributed by atoms with Gasteiger partial charge in [0.2, 0.25) is 10.0 Å². The summed E-state index contributed by atoms with van der Waals surface area (Å²) in [6, 6.07) is 5.23. The van der Waals surface area contributed by atoms with Crippen LogP contribution in [-0.4, -0.2) is 43.8 Å². The Labute approximate surface area is 130 Å². The monoisotopic (exact) mass is 327 g/mol. The highest BCUT2D eigenvalue weighted by molar-refractivity contribution is 7.89. The largest absolute Gasteiger partial charge is 0.317 e. The number of rotatable bonds is 6. The molecule has 8 heteroatoms. The molecule has 122 valence electrons. The predicted molar refractivity (Wildman–Crippen MR) is 83.1 cm³/mol. The van der Waals surface area contributed by atoms with E-state index < -0.39 is 14.9 Å². The third-order valence-electron chi connectivity index (χ3n) is 3.92. The first-order valence-electron chi connectivity index (χ1n) is 7.40. The van der Waals surface area contributed by atoms with Crippen LogP contribution in [0, 0.1) is 16.0 Å². The summed E-state index contributed by atoms with van der Waals surface area (Å²) in [5.41, 5.74) is -0.205. The second kappa shape index (κ2) is 7.17. The molecule has 0 amide bonds. The first-order valence-corrected chi connectivity index (χ1v) is 8.84. The summed E-state index contributed by atoms with van der Waals surface area (Å²) in [6.45, 7) is 4.78. The zero-order valence-electron chi connectivity index (χ0n) is 12.6. The van der Waals surface area contributed by atoms with Crippen molar-refractivity contribution >= 4 is 15.7 Å². The Balaban J connectivity index is 2.08. The van der Waals surface area contributed by atoms with Gasteiger partial charge in [-0.1, -0.05) is 13.0 Å². The number of hydrogen-bond acceptors (Lipinski definition) is 5. The summed E-state index contributed by atoms with van der Waals surface area (Å²) in [7, 11) is -3.65. The molecule has 0 saturated carbocycles. The zero-order chi connectivity index (χ0) is 16.2. The highest BCUT2D eigenvalue weighted by Gasteiger charge is 2.30. The van der Waals surface area contributed by atoms with E-state index in [0.717, 1.165) is 32.0 Å². The molecule has 1 aliphatic rings. The highest BCUT2D eigenvalue weighted by Crippen LogP contribution is 2.25. The van der Waals surface area contributed by atoms with Crippen LogP contribution in [0.1, 0.15) is 19.8 Å². The van der Waals surface area contributed by atoms with Crippen molar-refractivity contribution in [2.45, 2.75) is 24.7 Å². The number of nitrogens with one attached hydrogen (secondary N) is 1. The molecule has 1 saturated heterocycles. The number of piperidine rings is 1. The number of sulfonamides is 1. The molecule has 0 bridgehead atoms. The quantitative estimate of drug-likeness (QED) is 0.633. The van der Waals surface area contributed by atoms with Gasteiger partial charge < -0.3 is 5.32 Å². The van der Waals surface area contributed by atoms with Crippen LogP contribution in [0.25, 0.3) is 0 Å². The maximum Gasteiger partial charge on any atom is 0.270 e. The van der Waals surface area contributed by atoms with Crippen LogP contribution in [0.3, 0.4) is 0 Å². The predicted octanol–water partition coefficient (Wildman–Crippen LogP) is 1.60. The molecule has 1 aromatic carbocycles. The fourth-order valence-electron chi connectivity index (χ4n) is 2.61. The molecule has 0 radical (unpaired) electrons. The van der Waals surface area contributed by atoms with Crippen molar-refractivity contribution in [2.75, 3.05) is 26.2 Å². The van der Waals surface area contributed by atoms with Crippen molar-refractivity contribution < 1.29 is 13.3 Å². The van der Waals surface area contributed by atoms with Gasteiger partial charge in [0.25, 0.3) is 5.69 Å². The van der Waals surface area contributed by atoms with Crippen molar-refractivity contribution in [2.24, 2.45) is 5.92 Å². The molecular formula is C14H21N3O4S. The van der Waals surface area contributed by atoms with Gasteiger partial charge in [-0.2, -0.15) is 4.31 Å². The number of hydrogen-bond donors (Lipinski definition) is 1. The summed E-state index contributed by atoms with van der Waals surface area (Å²) in [5, 5.41) is 14.1. The van der Waals surface area contributed by atoms with Gasteiger partial charge in [-0.15, -0.1) is 0 Å². The van der Waals surface area contributed by atoms with E-state index in [1.165, 1.54) is 22.5 Å². The normalized spacial score (nSPS) is 17.5. The van der Waals surface area contributed by atoms with E-state index in [1.807, 2.05) is 6.92 Å². The highest BCUT2D eigenvalue weighted by atomic mass is 32.2. The van der Waals surface area contributed by atoms with Crippen LogP contribution in [0.2, 0.25) is 0 Å². The lowest BCUT2D eigenvalue weighted by atomic mass is 9.98. The van der Waals surface area contributed by atoms with Gasteiger partial charge in [0, 0.05) is 25.2 Å². The number of nitro groups is 1. The minimum Gasteiger partial charge on any atom is -0.317 e. The molecule has 2 rings (SSSR count). The van der Waals surface area contributed by atoms with E-state index in [9.17, 15) is 18.5 Å². The minimum atomic E-state index is -3.65. The molecule has 1 aromatic rings. The molecule has 0 atom stereocenters. The molecule has 7 nitrogen and oxygen atoms in total. The van der Waals surface area contributed by atoms with Crippen molar-refractivity contribution in [1.29, 1.82) is 0 Å². The Hall–Kier alpha value is -1.51. The third-order valence-corrected chi connectivity index (χ3v) is 5.82. The van der Waals surface area contributed by atoms with Crippen molar-refractivity contribution in [1.82, 2.24) is 9.62 Å². The van der Waals surface area contributed by atoms with Crippen LogP contribution in [0.15, 0.2) is 29.2 Å². The Kier molecular flexibility index (Phi) is 5.49. The van der Waals surface area contributed by atoms with Gasteiger partial charge in [-0.25, -0.2) is 8.42 Å². The lowest BCUT2D eigenvalue weighted by Gasteiger charge is -2.31. The van der Waals surface area contributed by atoms with Crippen molar-refractivity contribution in [3.8, 4) is 0 Å². The van der Waals surface area contributed by atoms with Crippen LogP contribution in [-0.2, 0) is 10.0 Å². The second-order valence-electron chi connectivity index (χ2n) is 5.41. The number of benzene rings is 1. The van der Waals surface area contributed by atoms with Crippen molar-refractivity contribution in [3.05, 3.63) is 34.4 Å². The molecular weight excluding hydrogens is 306 g/mol. The Morgan fingerprint density at radius 3 is 2.64 bits per heavy atom. The average molecular weight is 327 g/mol. The van der Waals surface area contributed by atoms with Gasteiger partial charge in [0.1, 0.15) is 0 Å². The van der Waals surface area contributed by atoms with E-state index in [1.54, 1.807) is 0 Å². The Morgan fingerprint density at radius 1 is 1.36 bits per heavy atom. The van der Waals surface area contributed by atoms with Gasteiger partial charge in [-0.3, -0.25) is 10.1 Å². The molecule has 0 aromatic heterocycles. The first kappa shape index (κ1) is 16.9. The van der Waals surface area contributed by atoms with Gasteiger partial charge in [0.15, 0.2) is 0 Å². The zero-order valence-corrected chi connectivity index (χ0v) is 13.4. The van der Waals surface area contributed by atoms with Gasteiger partial charge in [0.05, 0.1) is 9.82 Å². The Bertz CT molecular complexity index is 625. The molecule has 22 heavy (non-hydrogen) atoms. The number of nitrogens with zero attached hydrogens (tertiary/aromatic N) is 2. The van der Waals surface area contributed by atoms with Crippen LogP contribution >= 0.6 is 0 Å². The maximum atomic E-state index is 12.6. The fourth-order valence-corrected chi connectivity index (χ4v) is 4.12. The molecule has 0 unspecified atom stereocenters. The molecule has 1 fully saturated rings. The van der Waals surface area contributed by atoms with Crippen LogP contribution < -0.4 is 5.32 Å². The van der Waals surface area contributed by atoms with Crippen molar-refractivity contribution in [3.63, 3.8) is 0 Å². The van der Waals surface area contributed by atoms with Crippen LogP contribution in [0.4, 0.5) is 5.69 Å². The lowest BCUT2D eigenvalue weighted by molar-refractivity contribution is -0.385. The van der Waals surface area contributed by atoms with Gasteiger partial charge in [-0.05, 0) is 37.9 Å². The first-order chi connectivity index (χ1) is 10.4. The molecule has 0 aliphatic carbocycles. The summed E-state index contributed by atoms with van der Waals surface area (Å²) in [6.07, 6.45) is 1.61. The summed E-state index contributed by atoms with van der Waals surface area (Å²) in [5.74, 6) is 0.483. The Morgan fingerprint density at radius 2 is 2.05 bits per heavy atom. The molecule has 1 N–H and O–H groups in total. The van der Waals surface area contributed by atoms with Gasteiger partial charge >= 0.3 is 0 Å².